The maximum atomic E-state index is 9.51. The van der Waals surface area contributed by atoms with Gasteiger partial charge >= 0.3 is 0 Å². The van der Waals surface area contributed by atoms with E-state index in [1.165, 1.54) is 0 Å². The Labute approximate surface area is 329 Å². The van der Waals surface area contributed by atoms with Gasteiger partial charge in [0.05, 0.1) is 11.6 Å². The van der Waals surface area contributed by atoms with E-state index >= 15 is 0 Å². The average molecular weight is 729 g/mol. The SMILES string of the molecule is N#Cc1cccc(-c2cccc(-c3nc(-c4ccccc4)nc(-c4ccc5c(c4)oc4cccc(-c6cc(-c7ccccc7)cc(-c7ccccc7)c6)c45)n3)c2)c1. The van der Waals surface area contributed by atoms with Crippen molar-refractivity contribution in [3.63, 3.8) is 0 Å². The van der Waals surface area contributed by atoms with Crippen molar-refractivity contribution < 1.29 is 4.42 Å². The Bertz CT molecular complexity index is 3070. The zero-order valence-corrected chi connectivity index (χ0v) is 30.7. The molecule has 5 nitrogen and oxygen atoms in total. The third-order valence-corrected chi connectivity index (χ3v) is 10.3. The van der Waals surface area contributed by atoms with E-state index in [1.807, 2.05) is 84.9 Å². The van der Waals surface area contributed by atoms with Crippen molar-refractivity contribution in [3.05, 3.63) is 200 Å². The van der Waals surface area contributed by atoms with Gasteiger partial charge < -0.3 is 4.42 Å². The first kappa shape index (κ1) is 33.6. The van der Waals surface area contributed by atoms with E-state index in [-0.39, 0.29) is 0 Å². The second kappa shape index (κ2) is 14.4. The van der Waals surface area contributed by atoms with Crippen molar-refractivity contribution in [1.82, 2.24) is 15.0 Å². The number of rotatable bonds is 7. The molecule has 0 fully saturated rings. The van der Waals surface area contributed by atoms with E-state index < -0.39 is 0 Å². The summed E-state index contributed by atoms with van der Waals surface area (Å²) in [5.41, 5.74) is 13.5. The Morgan fingerprint density at radius 1 is 0.351 bits per heavy atom. The number of hydrogen-bond acceptors (Lipinski definition) is 5. The first-order chi connectivity index (χ1) is 28.2. The summed E-state index contributed by atoms with van der Waals surface area (Å²) in [6, 6.07) is 68.3. The molecule has 10 aromatic rings. The monoisotopic (exact) mass is 728 g/mol. The summed E-state index contributed by atoms with van der Waals surface area (Å²) in [7, 11) is 0. The third-order valence-electron chi connectivity index (χ3n) is 10.3. The molecule has 2 aromatic heterocycles. The molecule has 0 atom stereocenters. The van der Waals surface area contributed by atoms with E-state index in [9.17, 15) is 5.26 Å². The van der Waals surface area contributed by atoms with Gasteiger partial charge in [-0.1, -0.05) is 140 Å². The van der Waals surface area contributed by atoms with Gasteiger partial charge in [-0.25, -0.2) is 15.0 Å². The van der Waals surface area contributed by atoms with Crippen molar-refractivity contribution in [2.24, 2.45) is 0 Å². The summed E-state index contributed by atoms with van der Waals surface area (Å²) in [5, 5.41) is 11.6. The standard InChI is InChI=1S/C52H32N4O/c53-33-34-13-10-20-38(27-34)39-21-11-22-40(28-39)51-54-50(37-18-8-3-9-19-37)55-52(56-51)41-25-26-46-48(32-41)57-47-24-12-23-45(49(46)47)44-30-42(35-14-4-1-5-15-35)29-43(31-44)36-16-6-2-7-17-36/h1-32H. The molecule has 0 spiro atoms. The highest BCUT2D eigenvalue weighted by atomic mass is 16.3. The smallest absolute Gasteiger partial charge is 0.164 e. The van der Waals surface area contributed by atoms with Crippen molar-refractivity contribution in [2.45, 2.75) is 0 Å². The summed E-state index contributed by atoms with van der Waals surface area (Å²) >= 11 is 0. The Balaban J connectivity index is 1.11. The van der Waals surface area contributed by atoms with Gasteiger partial charge in [0.25, 0.3) is 0 Å². The molecule has 8 aromatic carbocycles. The fourth-order valence-corrected chi connectivity index (χ4v) is 7.54. The predicted octanol–water partition coefficient (Wildman–Crippen LogP) is 13.3. The molecule has 0 N–H and O–H groups in total. The van der Waals surface area contributed by atoms with Gasteiger partial charge in [-0.05, 0) is 99.1 Å². The van der Waals surface area contributed by atoms with Gasteiger partial charge in [0.1, 0.15) is 11.2 Å². The molecule has 0 radical (unpaired) electrons. The summed E-state index contributed by atoms with van der Waals surface area (Å²) in [5.74, 6) is 1.67. The molecular weight excluding hydrogens is 697 g/mol. The molecule has 0 aliphatic carbocycles. The molecule has 0 aliphatic heterocycles. The van der Waals surface area contributed by atoms with E-state index in [2.05, 4.69) is 115 Å². The minimum atomic E-state index is 0.543. The third kappa shape index (κ3) is 6.52. The minimum Gasteiger partial charge on any atom is -0.456 e. The molecule has 0 aliphatic rings. The van der Waals surface area contributed by atoms with Crippen LogP contribution >= 0.6 is 0 Å². The summed E-state index contributed by atoms with van der Waals surface area (Å²) < 4.78 is 6.63. The first-order valence-corrected chi connectivity index (χ1v) is 18.8. The van der Waals surface area contributed by atoms with Crippen LogP contribution in [0.25, 0.3) is 101 Å². The topological polar surface area (TPSA) is 75.6 Å². The van der Waals surface area contributed by atoms with Crippen LogP contribution in [-0.2, 0) is 0 Å². The van der Waals surface area contributed by atoms with Crippen molar-refractivity contribution in [1.29, 1.82) is 5.26 Å². The molecule has 5 heteroatoms. The van der Waals surface area contributed by atoms with Crippen molar-refractivity contribution in [3.8, 4) is 84.7 Å². The molecule has 0 unspecified atom stereocenters. The first-order valence-electron chi connectivity index (χ1n) is 18.8. The van der Waals surface area contributed by atoms with Crippen LogP contribution < -0.4 is 0 Å². The molecular formula is C52H32N4O. The van der Waals surface area contributed by atoms with E-state index in [0.717, 1.165) is 83.1 Å². The van der Waals surface area contributed by atoms with E-state index in [1.54, 1.807) is 0 Å². The molecule has 0 saturated heterocycles. The summed E-state index contributed by atoms with van der Waals surface area (Å²) in [6.45, 7) is 0. The van der Waals surface area contributed by atoms with Crippen LogP contribution in [-0.4, -0.2) is 15.0 Å². The molecule has 2 heterocycles. The highest BCUT2D eigenvalue weighted by molar-refractivity contribution is 6.13. The Hall–Kier alpha value is -7.94. The predicted molar refractivity (Wildman–Crippen MR) is 230 cm³/mol. The number of hydrogen-bond donors (Lipinski definition) is 0. The van der Waals surface area contributed by atoms with E-state index in [4.69, 9.17) is 19.4 Å². The lowest BCUT2D eigenvalue weighted by Gasteiger charge is -2.12. The average Bonchev–Trinajstić information content (AvgIpc) is 3.68. The van der Waals surface area contributed by atoms with Crippen LogP contribution in [0.1, 0.15) is 5.56 Å². The van der Waals surface area contributed by atoms with E-state index in [0.29, 0.717) is 23.0 Å². The van der Waals surface area contributed by atoms with Crippen LogP contribution in [0.15, 0.2) is 199 Å². The number of fused-ring (bicyclic) bond motifs is 3. The van der Waals surface area contributed by atoms with Crippen LogP contribution in [0.3, 0.4) is 0 Å². The molecule has 266 valence electrons. The second-order valence-corrected chi connectivity index (χ2v) is 14.0. The van der Waals surface area contributed by atoms with Gasteiger partial charge in [0.15, 0.2) is 17.5 Å². The Morgan fingerprint density at radius 3 is 1.49 bits per heavy atom. The molecule has 0 bridgehead atoms. The van der Waals surface area contributed by atoms with Gasteiger partial charge in [-0.15, -0.1) is 0 Å². The normalized spacial score (nSPS) is 11.1. The lowest BCUT2D eigenvalue weighted by atomic mass is 9.91. The molecule has 10 rings (SSSR count). The largest absolute Gasteiger partial charge is 0.456 e. The van der Waals surface area contributed by atoms with Crippen molar-refractivity contribution >= 4 is 21.9 Å². The fourth-order valence-electron chi connectivity index (χ4n) is 7.54. The lowest BCUT2D eigenvalue weighted by Crippen LogP contribution is -2.00. The zero-order valence-electron chi connectivity index (χ0n) is 30.7. The van der Waals surface area contributed by atoms with Crippen LogP contribution in [0.5, 0.6) is 0 Å². The van der Waals surface area contributed by atoms with Gasteiger partial charge in [-0.3, -0.25) is 0 Å². The van der Waals surface area contributed by atoms with Crippen LogP contribution in [0.4, 0.5) is 0 Å². The number of furan rings is 1. The van der Waals surface area contributed by atoms with Crippen LogP contribution in [0.2, 0.25) is 0 Å². The van der Waals surface area contributed by atoms with Gasteiger partial charge in [0.2, 0.25) is 0 Å². The number of benzene rings is 8. The second-order valence-electron chi connectivity index (χ2n) is 14.0. The quantitative estimate of drug-likeness (QED) is 0.163. The highest BCUT2D eigenvalue weighted by Crippen LogP contribution is 2.41. The number of aromatic nitrogens is 3. The fraction of sp³-hybridized carbons (Fsp3) is 0. The van der Waals surface area contributed by atoms with Gasteiger partial charge in [0, 0.05) is 27.5 Å². The number of nitrogens with zero attached hydrogens (tertiary/aromatic N) is 4. The molecule has 0 saturated carbocycles. The number of nitriles is 1. The lowest BCUT2D eigenvalue weighted by molar-refractivity contribution is 0.669. The molecule has 57 heavy (non-hydrogen) atoms. The van der Waals surface area contributed by atoms with Crippen molar-refractivity contribution in [2.75, 3.05) is 0 Å². The van der Waals surface area contributed by atoms with Gasteiger partial charge in [-0.2, -0.15) is 5.26 Å². The van der Waals surface area contributed by atoms with Crippen LogP contribution in [0, 0.1) is 11.3 Å². The minimum absolute atomic E-state index is 0.543. The summed E-state index contributed by atoms with van der Waals surface area (Å²) in [6.07, 6.45) is 0. The highest BCUT2D eigenvalue weighted by Gasteiger charge is 2.18. The Kier molecular flexibility index (Phi) is 8.48. The maximum Gasteiger partial charge on any atom is 0.164 e. The molecule has 0 amide bonds. The zero-order chi connectivity index (χ0) is 38.1. The Morgan fingerprint density at radius 2 is 0.842 bits per heavy atom. The maximum absolute atomic E-state index is 9.51. The summed E-state index contributed by atoms with van der Waals surface area (Å²) in [4.78, 5) is 15.0.